The van der Waals surface area contributed by atoms with E-state index in [0.29, 0.717) is 11.5 Å². The van der Waals surface area contributed by atoms with Gasteiger partial charge in [0.15, 0.2) is 0 Å². The van der Waals surface area contributed by atoms with Crippen LogP contribution in [0.4, 0.5) is 0 Å². The molecule has 108 valence electrons. The third-order valence-corrected chi connectivity index (χ3v) is 4.35. The summed E-state index contributed by atoms with van der Waals surface area (Å²) in [4.78, 5) is 11.5. The van der Waals surface area contributed by atoms with Gasteiger partial charge in [0.1, 0.15) is 0 Å². The molecule has 2 N–H and O–H groups in total. The molecule has 0 saturated carbocycles. The lowest BCUT2D eigenvalue weighted by Gasteiger charge is -2.25. The fraction of sp³-hybridized carbons (Fsp3) is 0.278. The molecule has 0 radical (unpaired) electrons. The standard InChI is InChI=1S/C18H19NO2/c1-12-2-4-13(5-3-12)14-6-7-16-11-17(18(20)19-21)9-8-15(16)10-14/h2-5,8-9,11,14,21H,6-7,10H2,1H3,(H,19,20). The predicted molar refractivity (Wildman–Crippen MR) is 81.6 cm³/mol. The second kappa shape index (κ2) is 5.70. The minimum atomic E-state index is -0.446. The van der Waals surface area contributed by atoms with Gasteiger partial charge in [-0.25, -0.2) is 5.48 Å². The molecule has 21 heavy (non-hydrogen) atoms. The van der Waals surface area contributed by atoms with Crippen LogP contribution in [-0.4, -0.2) is 11.1 Å². The first-order chi connectivity index (χ1) is 10.2. The van der Waals surface area contributed by atoms with Crippen molar-refractivity contribution in [3.05, 3.63) is 70.3 Å². The number of rotatable bonds is 2. The minimum Gasteiger partial charge on any atom is -0.288 e. The van der Waals surface area contributed by atoms with E-state index in [1.807, 2.05) is 12.1 Å². The van der Waals surface area contributed by atoms with E-state index >= 15 is 0 Å². The molecule has 3 heteroatoms. The van der Waals surface area contributed by atoms with E-state index in [-0.39, 0.29) is 0 Å². The number of nitrogens with one attached hydrogen (secondary N) is 1. The highest BCUT2D eigenvalue weighted by Gasteiger charge is 2.21. The molecule has 0 aliphatic heterocycles. The maximum atomic E-state index is 11.5. The van der Waals surface area contributed by atoms with Gasteiger partial charge in [0.05, 0.1) is 0 Å². The van der Waals surface area contributed by atoms with Gasteiger partial charge in [0, 0.05) is 5.56 Å². The summed E-state index contributed by atoms with van der Waals surface area (Å²) in [6.45, 7) is 2.10. The smallest absolute Gasteiger partial charge is 0.274 e. The van der Waals surface area contributed by atoms with Gasteiger partial charge < -0.3 is 0 Å². The Bertz CT molecular complexity index is 661. The van der Waals surface area contributed by atoms with Crippen molar-refractivity contribution in [3.63, 3.8) is 0 Å². The van der Waals surface area contributed by atoms with E-state index in [4.69, 9.17) is 5.21 Å². The third-order valence-electron chi connectivity index (χ3n) is 4.35. The van der Waals surface area contributed by atoms with E-state index < -0.39 is 5.91 Å². The molecule has 1 unspecified atom stereocenters. The van der Waals surface area contributed by atoms with E-state index in [0.717, 1.165) is 19.3 Å². The van der Waals surface area contributed by atoms with Gasteiger partial charge in [-0.2, -0.15) is 0 Å². The first-order valence-corrected chi connectivity index (χ1v) is 7.30. The average molecular weight is 281 g/mol. The maximum absolute atomic E-state index is 11.5. The summed E-state index contributed by atoms with van der Waals surface area (Å²) in [5.41, 5.74) is 7.41. The molecule has 2 aromatic carbocycles. The number of benzene rings is 2. The van der Waals surface area contributed by atoms with Crippen molar-refractivity contribution in [1.82, 2.24) is 5.48 Å². The Morgan fingerprint density at radius 2 is 1.90 bits per heavy atom. The summed E-state index contributed by atoms with van der Waals surface area (Å²) < 4.78 is 0. The van der Waals surface area contributed by atoms with Crippen molar-refractivity contribution in [3.8, 4) is 0 Å². The van der Waals surface area contributed by atoms with Crippen molar-refractivity contribution in [2.75, 3.05) is 0 Å². The van der Waals surface area contributed by atoms with Crippen LogP contribution in [0.5, 0.6) is 0 Å². The van der Waals surface area contributed by atoms with Crippen LogP contribution in [0.1, 0.15) is 45.0 Å². The molecule has 0 spiro atoms. The molecule has 1 atom stereocenters. The van der Waals surface area contributed by atoms with Crippen LogP contribution in [-0.2, 0) is 12.8 Å². The Kier molecular flexibility index (Phi) is 3.76. The van der Waals surface area contributed by atoms with Crippen LogP contribution in [0.3, 0.4) is 0 Å². The van der Waals surface area contributed by atoms with Crippen LogP contribution in [0.2, 0.25) is 0 Å². The van der Waals surface area contributed by atoms with E-state index in [2.05, 4.69) is 31.2 Å². The minimum absolute atomic E-state index is 0.446. The monoisotopic (exact) mass is 281 g/mol. The summed E-state index contributed by atoms with van der Waals surface area (Å²) in [7, 11) is 0. The highest BCUT2D eigenvalue weighted by molar-refractivity contribution is 5.93. The number of hydroxylamine groups is 1. The second-order valence-corrected chi connectivity index (χ2v) is 5.77. The van der Waals surface area contributed by atoms with E-state index in [1.165, 1.54) is 22.3 Å². The van der Waals surface area contributed by atoms with Gasteiger partial charge >= 0.3 is 0 Å². The lowest BCUT2D eigenvalue weighted by atomic mass is 9.79. The molecular weight excluding hydrogens is 262 g/mol. The van der Waals surface area contributed by atoms with Crippen LogP contribution in [0.15, 0.2) is 42.5 Å². The summed E-state index contributed by atoms with van der Waals surface area (Å²) in [6.07, 6.45) is 3.08. The van der Waals surface area contributed by atoms with E-state index in [9.17, 15) is 4.79 Å². The molecule has 0 aromatic heterocycles. The lowest BCUT2D eigenvalue weighted by Crippen LogP contribution is -2.20. The maximum Gasteiger partial charge on any atom is 0.274 e. The predicted octanol–water partition coefficient (Wildman–Crippen LogP) is 3.39. The van der Waals surface area contributed by atoms with Crippen LogP contribution < -0.4 is 5.48 Å². The highest BCUT2D eigenvalue weighted by Crippen LogP contribution is 2.33. The topological polar surface area (TPSA) is 49.3 Å². The molecule has 1 aliphatic carbocycles. The van der Waals surface area contributed by atoms with Gasteiger partial charge in [-0.3, -0.25) is 10.0 Å². The number of hydrogen-bond acceptors (Lipinski definition) is 2. The van der Waals surface area contributed by atoms with Crippen molar-refractivity contribution in [2.45, 2.75) is 32.1 Å². The van der Waals surface area contributed by atoms with Crippen molar-refractivity contribution in [1.29, 1.82) is 0 Å². The molecule has 1 aliphatic rings. The van der Waals surface area contributed by atoms with Crippen LogP contribution in [0.25, 0.3) is 0 Å². The number of aryl methyl sites for hydroxylation is 2. The molecule has 3 rings (SSSR count). The number of carbonyl (C=O) groups excluding carboxylic acids is 1. The molecule has 0 saturated heterocycles. The number of amides is 1. The van der Waals surface area contributed by atoms with Crippen molar-refractivity contribution in [2.24, 2.45) is 0 Å². The second-order valence-electron chi connectivity index (χ2n) is 5.77. The van der Waals surface area contributed by atoms with Crippen molar-refractivity contribution >= 4 is 5.91 Å². The molecule has 1 amide bonds. The molecule has 0 bridgehead atoms. The van der Waals surface area contributed by atoms with Crippen LogP contribution >= 0.6 is 0 Å². The SMILES string of the molecule is Cc1ccc(C2CCc3cc(C(=O)NO)ccc3C2)cc1. The van der Waals surface area contributed by atoms with Gasteiger partial charge in [-0.05, 0) is 60.9 Å². The van der Waals surface area contributed by atoms with Crippen molar-refractivity contribution < 1.29 is 10.0 Å². The summed E-state index contributed by atoms with van der Waals surface area (Å²) in [5, 5.41) is 8.71. The summed E-state index contributed by atoms with van der Waals surface area (Å²) in [5.74, 6) is 0.106. The Balaban J connectivity index is 1.83. The van der Waals surface area contributed by atoms with Gasteiger partial charge in [0.25, 0.3) is 5.91 Å². The Hall–Kier alpha value is -2.13. The first kappa shape index (κ1) is 13.8. The fourth-order valence-corrected chi connectivity index (χ4v) is 3.08. The first-order valence-electron chi connectivity index (χ1n) is 7.30. The van der Waals surface area contributed by atoms with Gasteiger partial charge in [0.2, 0.25) is 0 Å². The van der Waals surface area contributed by atoms with Gasteiger partial charge in [-0.15, -0.1) is 0 Å². The molecule has 3 nitrogen and oxygen atoms in total. The third kappa shape index (κ3) is 2.83. The fourth-order valence-electron chi connectivity index (χ4n) is 3.08. The number of carbonyl (C=O) groups is 1. The Morgan fingerprint density at radius 3 is 2.62 bits per heavy atom. The molecule has 0 fully saturated rings. The molecule has 2 aromatic rings. The summed E-state index contributed by atoms with van der Waals surface area (Å²) in [6, 6.07) is 14.5. The summed E-state index contributed by atoms with van der Waals surface area (Å²) >= 11 is 0. The Morgan fingerprint density at radius 1 is 1.14 bits per heavy atom. The molecule has 0 heterocycles. The van der Waals surface area contributed by atoms with Gasteiger partial charge in [-0.1, -0.05) is 35.9 Å². The zero-order chi connectivity index (χ0) is 14.8. The van der Waals surface area contributed by atoms with Crippen LogP contribution in [0, 0.1) is 6.92 Å². The largest absolute Gasteiger partial charge is 0.288 e. The zero-order valence-electron chi connectivity index (χ0n) is 12.1. The average Bonchev–Trinajstić information content (AvgIpc) is 2.54. The Labute approximate surface area is 124 Å². The number of hydrogen-bond donors (Lipinski definition) is 2. The number of fused-ring (bicyclic) bond motifs is 1. The normalized spacial score (nSPS) is 17.1. The quantitative estimate of drug-likeness (QED) is 0.655. The van der Waals surface area contributed by atoms with E-state index in [1.54, 1.807) is 11.5 Å². The lowest BCUT2D eigenvalue weighted by molar-refractivity contribution is 0.0706. The molecular formula is C18H19NO2. The highest BCUT2D eigenvalue weighted by atomic mass is 16.5. The zero-order valence-corrected chi connectivity index (χ0v) is 12.1.